The highest BCUT2D eigenvalue weighted by Gasteiger charge is 2.25. The fraction of sp³-hybridized carbons (Fsp3) is 0.370. The van der Waals surface area contributed by atoms with Crippen LogP contribution in [0.1, 0.15) is 169 Å². The minimum atomic E-state index is -0.230. The minimum Gasteiger partial charge on any atom is -0.457 e. The van der Waals surface area contributed by atoms with Crippen LogP contribution in [0.5, 0.6) is 11.5 Å². The number of aliphatic hydroxyl groups excluding tert-OH is 2. The summed E-state index contributed by atoms with van der Waals surface area (Å²) in [5.41, 5.74) is 19.3. The molecule has 0 radical (unpaired) electrons. The zero-order valence-corrected chi connectivity index (χ0v) is 59.1. The van der Waals surface area contributed by atoms with Crippen molar-refractivity contribution in [2.45, 2.75) is 171 Å². The van der Waals surface area contributed by atoms with E-state index in [0.717, 1.165) is 105 Å². The molecule has 0 bridgehead atoms. The number of hydrogen-bond acceptors (Lipinski definition) is 8. The normalized spacial score (nSPS) is 14.5. The lowest BCUT2D eigenvalue weighted by Crippen LogP contribution is -2.41. The van der Waals surface area contributed by atoms with Gasteiger partial charge in [-0.15, -0.1) is 0 Å². The first-order chi connectivity index (χ1) is 44.9. The molecule has 2 unspecified atom stereocenters. The molecule has 0 spiro atoms. The highest BCUT2D eigenvalue weighted by atomic mass is 16.5. The molecule has 7 aromatic carbocycles. The molecule has 12 aromatic rings. The lowest BCUT2D eigenvalue weighted by molar-refractivity contribution is -0.594. The number of nitrogens with one attached hydrogen (secondary N) is 5. The molecule has 1 saturated heterocycles. The molecule has 2 atom stereocenters. The van der Waals surface area contributed by atoms with Gasteiger partial charge in [-0.25, -0.2) is 19.5 Å². The average Bonchev–Trinajstić information content (AvgIpc) is 1.84. The Bertz CT molecular complexity index is 4490. The monoisotopic (exact) mass is 1280 g/mol. The van der Waals surface area contributed by atoms with Crippen LogP contribution in [0.3, 0.4) is 0 Å². The Kier molecular flexibility index (Phi) is 22.1. The van der Waals surface area contributed by atoms with Gasteiger partial charge in [-0.3, -0.25) is 14.8 Å². The number of rotatable bonds is 10. The molecule has 7 N–H and O–H groups in total. The third-order valence-electron chi connectivity index (χ3n) is 17.5. The van der Waals surface area contributed by atoms with Gasteiger partial charge in [-0.2, -0.15) is 5.10 Å². The van der Waals surface area contributed by atoms with Crippen molar-refractivity contribution in [1.29, 1.82) is 0 Å². The topological polar surface area (TPSA) is 191 Å². The highest BCUT2D eigenvalue weighted by molar-refractivity contribution is 6.00. The number of imidazole rings is 3. The molecular weight excluding hydrogens is 1180 g/mol. The Morgan fingerprint density at radius 2 is 1.26 bits per heavy atom. The molecule has 0 amide bonds. The molecule has 14 nitrogen and oxygen atoms in total. The summed E-state index contributed by atoms with van der Waals surface area (Å²) in [6, 6.07) is 49.9. The smallest absolute Gasteiger partial charge is 0.246 e. The molecule has 13 rings (SSSR count). The van der Waals surface area contributed by atoms with Crippen molar-refractivity contribution < 1.29 is 24.3 Å². The van der Waals surface area contributed by atoms with E-state index in [1.807, 2.05) is 88.0 Å². The van der Waals surface area contributed by atoms with E-state index in [-0.39, 0.29) is 46.1 Å². The molecule has 5 aromatic heterocycles. The Hall–Kier alpha value is -8.95. The van der Waals surface area contributed by atoms with Gasteiger partial charge in [-0.1, -0.05) is 157 Å². The van der Waals surface area contributed by atoms with Crippen molar-refractivity contribution in [3.63, 3.8) is 0 Å². The lowest BCUT2D eigenvalue weighted by atomic mass is 9.86. The van der Waals surface area contributed by atoms with Gasteiger partial charge >= 0.3 is 0 Å². The summed E-state index contributed by atoms with van der Waals surface area (Å²) in [6.45, 7) is 39.4. The van der Waals surface area contributed by atoms with E-state index in [1.54, 1.807) is 0 Å². The number of benzene rings is 7. The molecule has 0 saturated carbocycles. The first-order valence-electron chi connectivity index (χ1n) is 33.4. The van der Waals surface area contributed by atoms with E-state index < -0.39 is 0 Å². The Morgan fingerprint density at radius 1 is 0.642 bits per heavy atom. The van der Waals surface area contributed by atoms with E-state index in [0.29, 0.717) is 24.2 Å². The maximum Gasteiger partial charge on any atom is 0.246 e. The average molecular weight is 1280 g/mol. The van der Waals surface area contributed by atoms with Crippen molar-refractivity contribution in [3.8, 4) is 17.2 Å². The summed E-state index contributed by atoms with van der Waals surface area (Å²) in [6.07, 6.45) is 7.26. The number of aromatic amines is 5. The first-order valence-corrected chi connectivity index (χ1v) is 33.4. The number of aromatic nitrogens is 9. The third-order valence-corrected chi connectivity index (χ3v) is 17.5. The van der Waals surface area contributed by atoms with Crippen LogP contribution in [0.25, 0.3) is 49.6 Å². The van der Waals surface area contributed by atoms with Crippen LogP contribution in [0.2, 0.25) is 0 Å². The lowest BCUT2D eigenvalue weighted by Gasteiger charge is -2.34. The zero-order valence-electron chi connectivity index (χ0n) is 59.1. The van der Waals surface area contributed by atoms with Crippen molar-refractivity contribution in [1.82, 2.24) is 45.0 Å². The number of para-hydroxylation sites is 1. The standard InChI is InChI=1S/C28H33N5O3.C17H20O.2C12H16N2.C12H15N/c1-18-14-32(7-5-26(18)35)16-21-9-20(10-23(11-21)33-15-19(2)29-17-33)12-27(36)22-3-4-24-25(13-22)31-28(30-24)6-8-34;1-13-10-11-14(17(2,3)4)12-16(13)18-15-8-6-5-7-9-15;1-8-13-10-6-5-9(12(2,3)4)7-11(10)14-8;1-8-10-6-5-9(12(2,3)4)7-11(10)14-13-8;1-12(2,3)10-5-4-9-6-7-13-11(9)8-10/h3-4,9-11,13,15,17-18,26,34-35H,5-8,12,14,16H2,1-2H3,(H,30,31,36);5-12H,1-4H3;2*5-7H,1-4H3,(H,13,14);4-8,13H,1-3H3/p+1. The molecule has 6 heterocycles. The summed E-state index contributed by atoms with van der Waals surface area (Å²) in [7, 11) is 0. The van der Waals surface area contributed by atoms with Crippen LogP contribution in [0, 0.1) is 33.6 Å². The van der Waals surface area contributed by atoms with E-state index >= 15 is 0 Å². The largest absolute Gasteiger partial charge is 0.457 e. The SMILES string of the molecule is CC(C)(C)c1ccc2cc[nH]c2c1.Cc1[nH]nc2cc(C(C)(C)C)ccc12.Cc1c[n+](-c2cc(CC(=O)c3ccc4nc(CCO)[nH]c4c3)cc(CN3CCC(O)C(C)C3)c2)c[nH]1.Cc1ccc(C(C)(C)C)cc1Oc1ccccc1.Cc1nc2ccc(C(C)(C)C)cc2[nH]1. The molecule has 14 heteroatoms. The van der Waals surface area contributed by atoms with Gasteiger partial charge < -0.3 is 29.9 Å². The second-order valence-electron chi connectivity index (χ2n) is 29.9. The number of aliphatic hydroxyl groups is 2. The number of carbonyl (C=O) groups excluding carboxylic acids is 1. The molecule has 498 valence electrons. The summed E-state index contributed by atoms with van der Waals surface area (Å²) in [4.78, 5) is 37.4. The molecule has 95 heavy (non-hydrogen) atoms. The second kappa shape index (κ2) is 29.8. The number of fused-ring (bicyclic) bond motifs is 4. The van der Waals surface area contributed by atoms with Gasteiger partial charge in [0.15, 0.2) is 5.78 Å². The number of ether oxygens (including phenoxy) is 1. The maximum absolute atomic E-state index is 13.3. The van der Waals surface area contributed by atoms with Crippen LogP contribution < -0.4 is 9.30 Å². The molecule has 1 fully saturated rings. The molecular formula is C81H101N10O4+. The second-order valence-corrected chi connectivity index (χ2v) is 29.9. The van der Waals surface area contributed by atoms with Gasteiger partial charge in [-0.05, 0) is 178 Å². The van der Waals surface area contributed by atoms with Crippen LogP contribution in [0.15, 0.2) is 164 Å². The number of likely N-dealkylation sites (tertiary alicyclic amines) is 1. The van der Waals surface area contributed by atoms with Gasteiger partial charge in [0.05, 0.1) is 40.3 Å². The van der Waals surface area contributed by atoms with Gasteiger partial charge in [0.25, 0.3) is 0 Å². The maximum atomic E-state index is 13.3. The number of carbonyl (C=O) groups is 1. The van der Waals surface area contributed by atoms with Crippen molar-refractivity contribution >= 4 is 49.7 Å². The number of H-pyrrole nitrogens is 5. The third kappa shape index (κ3) is 18.9. The quantitative estimate of drug-likeness (QED) is 0.0520. The van der Waals surface area contributed by atoms with Crippen LogP contribution in [0.4, 0.5) is 0 Å². The fourth-order valence-electron chi connectivity index (χ4n) is 11.6. The van der Waals surface area contributed by atoms with Gasteiger partial charge in [0, 0.05) is 67.8 Å². The number of Topliss-reactive ketones (excluding diaryl/α,β-unsaturated/α-hetero) is 1. The number of nitrogens with zero attached hydrogens (tertiary/aromatic N) is 5. The van der Waals surface area contributed by atoms with E-state index in [1.165, 1.54) is 38.5 Å². The summed E-state index contributed by atoms with van der Waals surface area (Å²) >= 11 is 0. The van der Waals surface area contributed by atoms with Gasteiger partial charge in [0.1, 0.15) is 40.7 Å². The molecule has 1 aliphatic rings. The van der Waals surface area contributed by atoms with Crippen molar-refractivity contribution in [2.75, 3.05) is 19.7 Å². The zero-order chi connectivity index (χ0) is 68.6. The van der Waals surface area contributed by atoms with Crippen LogP contribution >= 0.6 is 0 Å². The van der Waals surface area contributed by atoms with Crippen molar-refractivity contribution in [3.05, 3.63) is 232 Å². The number of hydrogen-bond donors (Lipinski definition) is 7. The predicted octanol–water partition coefficient (Wildman–Crippen LogP) is 17.5. The van der Waals surface area contributed by atoms with Gasteiger partial charge in [0.2, 0.25) is 6.33 Å². The number of aryl methyl sites for hydroxylation is 4. The predicted molar refractivity (Wildman–Crippen MR) is 389 cm³/mol. The van der Waals surface area contributed by atoms with Crippen LogP contribution in [-0.4, -0.2) is 86.8 Å². The van der Waals surface area contributed by atoms with E-state index in [4.69, 9.17) is 4.74 Å². The van der Waals surface area contributed by atoms with Crippen LogP contribution in [-0.2, 0) is 41.0 Å². The molecule has 0 aliphatic carbocycles. The van der Waals surface area contributed by atoms with E-state index in [9.17, 15) is 15.0 Å². The number of piperidine rings is 1. The van der Waals surface area contributed by atoms with E-state index in [2.05, 4.69) is 244 Å². The Balaban J connectivity index is 0.000000151. The summed E-state index contributed by atoms with van der Waals surface area (Å²) < 4.78 is 8.00. The number of ketones is 1. The first kappa shape index (κ1) is 70.4. The minimum absolute atomic E-state index is 0.0277. The highest BCUT2D eigenvalue weighted by Crippen LogP contribution is 2.33. The molecule has 1 aliphatic heterocycles. The van der Waals surface area contributed by atoms with Crippen molar-refractivity contribution in [2.24, 2.45) is 5.92 Å². The summed E-state index contributed by atoms with van der Waals surface area (Å²) in [5, 5.41) is 29.1. The Morgan fingerprint density at radius 3 is 1.94 bits per heavy atom. The fourth-order valence-corrected chi connectivity index (χ4v) is 11.6. The summed E-state index contributed by atoms with van der Waals surface area (Å²) in [5.74, 6) is 3.81. The Labute approximate surface area is 562 Å².